The van der Waals surface area contributed by atoms with Crippen LogP contribution in [0.2, 0.25) is 10.0 Å². The maximum Gasteiger partial charge on any atom is 0.264 e. The van der Waals surface area contributed by atoms with Gasteiger partial charge in [-0.05, 0) is 55.3 Å². The fourth-order valence-electron chi connectivity index (χ4n) is 3.15. The first-order valence-corrected chi connectivity index (χ1v) is 10.9. The molecule has 8 heteroatoms. The van der Waals surface area contributed by atoms with Gasteiger partial charge in [0.15, 0.2) is 0 Å². The van der Waals surface area contributed by atoms with Crippen LogP contribution in [0.5, 0.6) is 0 Å². The van der Waals surface area contributed by atoms with E-state index >= 15 is 0 Å². The lowest BCUT2D eigenvalue weighted by molar-refractivity contribution is -0.120. The molecule has 27 heavy (non-hydrogen) atoms. The summed E-state index contributed by atoms with van der Waals surface area (Å²) < 4.78 is 27.5. The van der Waals surface area contributed by atoms with Crippen LogP contribution in [0, 0.1) is 0 Å². The van der Waals surface area contributed by atoms with Crippen LogP contribution in [0.1, 0.15) is 25.7 Å². The molecule has 2 aromatic carbocycles. The summed E-state index contributed by atoms with van der Waals surface area (Å²) >= 11 is 11.9. The van der Waals surface area contributed by atoms with Crippen LogP contribution < -0.4 is 9.62 Å². The summed E-state index contributed by atoms with van der Waals surface area (Å²) in [6.07, 6.45) is 4.00. The van der Waals surface area contributed by atoms with Crippen LogP contribution >= 0.6 is 23.2 Å². The van der Waals surface area contributed by atoms with Gasteiger partial charge in [-0.1, -0.05) is 42.1 Å². The molecule has 0 aromatic heterocycles. The van der Waals surface area contributed by atoms with E-state index in [0.29, 0.717) is 15.7 Å². The van der Waals surface area contributed by atoms with Gasteiger partial charge in [-0.2, -0.15) is 0 Å². The van der Waals surface area contributed by atoms with E-state index in [1.807, 2.05) is 0 Å². The summed E-state index contributed by atoms with van der Waals surface area (Å²) in [5.41, 5.74) is 0.332. The van der Waals surface area contributed by atoms with Crippen molar-refractivity contribution in [1.82, 2.24) is 5.32 Å². The standard InChI is InChI=1S/C19H20Cl2N2O3S/c20-14-8-10-18(11-9-14)27(25,26)23(17-7-3-4-15(21)12-17)13-19(24)22-16-5-1-2-6-16/h3-4,7-12,16H,1-2,5-6,13H2,(H,22,24). The molecule has 0 atom stereocenters. The fourth-order valence-corrected chi connectivity index (χ4v) is 4.88. The molecule has 1 aliphatic carbocycles. The van der Waals surface area contributed by atoms with E-state index in [-0.39, 0.29) is 23.4 Å². The first kappa shape index (κ1) is 20.0. The lowest BCUT2D eigenvalue weighted by Gasteiger charge is -2.25. The maximum absolute atomic E-state index is 13.2. The predicted octanol–water partition coefficient (Wildman–Crippen LogP) is 4.25. The van der Waals surface area contributed by atoms with E-state index in [1.54, 1.807) is 18.2 Å². The van der Waals surface area contributed by atoms with Crippen molar-refractivity contribution in [1.29, 1.82) is 0 Å². The van der Waals surface area contributed by atoms with Crippen molar-refractivity contribution in [2.75, 3.05) is 10.8 Å². The Morgan fingerprint density at radius 2 is 1.70 bits per heavy atom. The van der Waals surface area contributed by atoms with Crippen molar-refractivity contribution in [3.8, 4) is 0 Å². The molecule has 0 saturated heterocycles. The van der Waals surface area contributed by atoms with Gasteiger partial charge in [0.1, 0.15) is 6.54 Å². The molecule has 5 nitrogen and oxygen atoms in total. The monoisotopic (exact) mass is 426 g/mol. The number of nitrogens with one attached hydrogen (secondary N) is 1. The zero-order valence-corrected chi connectivity index (χ0v) is 16.9. The molecule has 0 unspecified atom stereocenters. The van der Waals surface area contributed by atoms with Crippen molar-refractivity contribution in [3.63, 3.8) is 0 Å². The minimum Gasteiger partial charge on any atom is -0.352 e. The number of carbonyl (C=O) groups excluding carboxylic acids is 1. The number of anilines is 1. The molecule has 3 rings (SSSR count). The highest BCUT2D eigenvalue weighted by molar-refractivity contribution is 7.92. The quantitative estimate of drug-likeness (QED) is 0.750. The zero-order valence-electron chi connectivity index (χ0n) is 14.6. The van der Waals surface area contributed by atoms with E-state index in [4.69, 9.17) is 23.2 Å². The smallest absolute Gasteiger partial charge is 0.264 e. The zero-order chi connectivity index (χ0) is 19.4. The first-order valence-electron chi connectivity index (χ1n) is 8.69. The number of rotatable bonds is 6. The largest absolute Gasteiger partial charge is 0.352 e. The minimum atomic E-state index is -3.96. The average Bonchev–Trinajstić information content (AvgIpc) is 3.13. The summed E-state index contributed by atoms with van der Waals surface area (Å²) in [5, 5.41) is 3.75. The second-order valence-corrected chi connectivity index (χ2v) is 9.23. The number of nitrogens with zero attached hydrogens (tertiary/aromatic N) is 1. The molecule has 1 aliphatic rings. The average molecular weight is 427 g/mol. The minimum absolute atomic E-state index is 0.0561. The van der Waals surface area contributed by atoms with E-state index in [2.05, 4.69) is 5.32 Å². The number of hydrogen-bond donors (Lipinski definition) is 1. The molecule has 1 N–H and O–H groups in total. The summed E-state index contributed by atoms with van der Waals surface area (Å²) in [7, 11) is -3.96. The van der Waals surface area contributed by atoms with Gasteiger partial charge < -0.3 is 5.32 Å². The highest BCUT2D eigenvalue weighted by Crippen LogP contribution is 2.27. The topological polar surface area (TPSA) is 66.5 Å². The number of carbonyl (C=O) groups is 1. The van der Waals surface area contributed by atoms with Crippen LogP contribution in [0.3, 0.4) is 0 Å². The Hall–Kier alpha value is -1.76. The highest BCUT2D eigenvalue weighted by atomic mass is 35.5. The Morgan fingerprint density at radius 3 is 2.33 bits per heavy atom. The van der Waals surface area contributed by atoms with Gasteiger partial charge in [0.2, 0.25) is 5.91 Å². The Bertz CT molecular complexity index is 911. The number of sulfonamides is 1. The van der Waals surface area contributed by atoms with Gasteiger partial charge >= 0.3 is 0 Å². The van der Waals surface area contributed by atoms with Crippen LogP contribution in [0.4, 0.5) is 5.69 Å². The normalized spacial score (nSPS) is 14.9. The van der Waals surface area contributed by atoms with Crippen molar-refractivity contribution >= 4 is 44.8 Å². The van der Waals surface area contributed by atoms with Gasteiger partial charge in [0, 0.05) is 16.1 Å². The Balaban J connectivity index is 1.91. The van der Waals surface area contributed by atoms with Crippen molar-refractivity contribution in [3.05, 3.63) is 58.6 Å². The van der Waals surface area contributed by atoms with Gasteiger partial charge in [0.25, 0.3) is 10.0 Å². The van der Waals surface area contributed by atoms with Gasteiger partial charge in [-0.25, -0.2) is 8.42 Å². The molecular formula is C19H20Cl2N2O3S. The van der Waals surface area contributed by atoms with Gasteiger partial charge in [-0.15, -0.1) is 0 Å². The molecule has 0 aliphatic heterocycles. The van der Waals surface area contributed by atoms with E-state index in [1.165, 1.54) is 30.3 Å². The molecule has 0 bridgehead atoms. The molecule has 0 radical (unpaired) electrons. The number of amides is 1. The second kappa shape index (κ2) is 8.50. The predicted molar refractivity (Wildman–Crippen MR) is 108 cm³/mol. The second-order valence-electron chi connectivity index (χ2n) is 6.49. The third kappa shape index (κ3) is 4.94. The maximum atomic E-state index is 13.2. The lowest BCUT2D eigenvalue weighted by atomic mass is 10.2. The molecule has 0 spiro atoms. The first-order chi connectivity index (χ1) is 12.9. The fraction of sp³-hybridized carbons (Fsp3) is 0.316. The summed E-state index contributed by atoms with van der Waals surface area (Å²) in [4.78, 5) is 12.6. The Morgan fingerprint density at radius 1 is 1.04 bits per heavy atom. The number of hydrogen-bond acceptors (Lipinski definition) is 3. The summed E-state index contributed by atoms with van der Waals surface area (Å²) in [6.45, 7) is -0.318. The molecule has 1 fully saturated rings. The van der Waals surface area contributed by atoms with Crippen LogP contribution in [0.25, 0.3) is 0 Å². The summed E-state index contributed by atoms with van der Waals surface area (Å²) in [6, 6.07) is 12.4. The van der Waals surface area contributed by atoms with Crippen molar-refractivity contribution in [2.24, 2.45) is 0 Å². The molecule has 1 saturated carbocycles. The Kier molecular flexibility index (Phi) is 6.29. The SMILES string of the molecule is O=C(CN(c1cccc(Cl)c1)S(=O)(=O)c1ccc(Cl)cc1)NC1CCCC1. The molecular weight excluding hydrogens is 407 g/mol. The number of benzene rings is 2. The molecule has 144 valence electrons. The van der Waals surface area contributed by atoms with Crippen molar-refractivity contribution in [2.45, 2.75) is 36.6 Å². The van der Waals surface area contributed by atoms with Crippen LogP contribution in [-0.4, -0.2) is 26.9 Å². The third-order valence-electron chi connectivity index (χ3n) is 4.51. The lowest BCUT2D eigenvalue weighted by Crippen LogP contribution is -2.43. The van der Waals surface area contributed by atoms with E-state index in [9.17, 15) is 13.2 Å². The van der Waals surface area contributed by atoms with Crippen molar-refractivity contribution < 1.29 is 13.2 Å². The molecule has 0 heterocycles. The number of halogens is 2. The van der Waals surface area contributed by atoms with Crippen LogP contribution in [0.15, 0.2) is 53.4 Å². The Labute approximate surface area is 169 Å². The van der Waals surface area contributed by atoms with E-state index in [0.717, 1.165) is 30.0 Å². The molecule has 2 aromatic rings. The summed E-state index contributed by atoms with van der Waals surface area (Å²) in [5.74, 6) is -0.334. The van der Waals surface area contributed by atoms with Crippen LogP contribution in [-0.2, 0) is 14.8 Å². The van der Waals surface area contributed by atoms with Gasteiger partial charge in [-0.3, -0.25) is 9.10 Å². The third-order valence-corrected chi connectivity index (χ3v) is 6.78. The van der Waals surface area contributed by atoms with Gasteiger partial charge in [0.05, 0.1) is 10.6 Å². The van der Waals surface area contributed by atoms with E-state index < -0.39 is 10.0 Å². The molecule has 1 amide bonds. The highest BCUT2D eigenvalue weighted by Gasteiger charge is 2.28.